The van der Waals surface area contributed by atoms with Gasteiger partial charge in [-0.15, -0.1) is 11.3 Å². The van der Waals surface area contributed by atoms with Crippen LogP contribution in [-0.4, -0.2) is 27.1 Å². The number of carbonyl (C=O) groups is 1. The fourth-order valence-electron chi connectivity index (χ4n) is 1.25. The summed E-state index contributed by atoms with van der Waals surface area (Å²) < 4.78 is 1.04. The standard InChI is InChI=1S/C11H10BrN3O2S/c1-6(10(16)17)15-11-13-4-7(5-14-11)8-2-3-9(12)18-8/h2-6H,1H3,(H,16,17)(H,13,14,15). The Morgan fingerprint density at radius 3 is 2.61 bits per heavy atom. The molecule has 5 nitrogen and oxygen atoms in total. The van der Waals surface area contributed by atoms with Crippen LogP contribution >= 0.6 is 27.3 Å². The molecular weight excluding hydrogens is 318 g/mol. The lowest BCUT2D eigenvalue weighted by Gasteiger charge is -2.08. The zero-order valence-corrected chi connectivity index (χ0v) is 11.8. The Morgan fingerprint density at radius 2 is 2.11 bits per heavy atom. The van der Waals surface area contributed by atoms with Gasteiger partial charge in [0.05, 0.1) is 3.79 Å². The van der Waals surface area contributed by atoms with Crippen molar-refractivity contribution in [3.05, 3.63) is 28.3 Å². The zero-order valence-electron chi connectivity index (χ0n) is 9.42. The molecule has 0 saturated heterocycles. The quantitative estimate of drug-likeness (QED) is 0.903. The topological polar surface area (TPSA) is 75.1 Å². The van der Waals surface area contributed by atoms with Crippen LogP contribution in [0.4, 0.5) is 5.95 Å². The van der Waals surface area contributed by atoms with E-state index in [1.807, 2.05) is 12.1 Å². The molecule has 0 aliphatic carbocycles. The average molecular weight is 328 g/mol. The smallest absolute Gasteiger partial charge is 0.325 e. The molecule has 0 bridgehead atoms. The van der Waals surface area contributed by atoms with E-state index in [0.717, 1.165) is 14.2 Å². The fraction of sp³-hybridized carbons (Fsp3) is 0.182. The lowest BCUT2D eigenvalue weighted by Crippen LogP contribution is -2.26. The minimum Gasteiger partial charge on any atom is -0.480 e. The highest BCUT2D eigenvalue weighted by atomic mass is 79.9. The zero-order chi connectivity index (χ0) is 13.1. The first-order valence-corrected chi connectivity index (χ1v) is 6.74. The van der Waals surface area contributed by atoms with E-state index >= 15 is 0 Å². The summed E-state index contributed by atoms with van der Waals surface area (Å²) in [7, 11) is 0. The van der Waals surface area contributed by atoms with Crippen LogP contribution in [0.5, 0.6) is 0 Å². The van der Waals surface area contributed by atoms with Crippen molar-refractivity contribution >= 4 is 39.2 Å². The second kappa shape index (κ2) is 5.45. The van der Waals surface area contributed by atoms with Crippen molar-refractivity contribution in [3.8, 4) is 10.4 Å². The van der Waals surface area contributed by atoms with E-state index in [1.165, 1.54) is 6.92 Å². The van der Waals surface area contributed by atoms with Crippen LogP contribution in [-0.2, 0) is 4.79 Å². The molecular formula is C11H10BrN3O2S. The number of halogens is 1. The van der Waals surface area contributed by atoms with E-state index in [2.05, 4.69) is 31.2 Å². The predicted molar refractivity (Wildman–Crippen MR) is 73.8 cm³/mol. The van der Waals surface area contributed by atoms with E-state index in [-0.39, 0.29) is 0 Å². The van der Waals surface area contributed by atoms with Gasteiger partial charge >= 0.3 is 5.97 Å². The number of anilines is 1. The van der Waals surface area contributed by atoms with Gasteiger partial charge in [-0.1, -0.05) is 0 Å². The maximum atomic E-state index is 10.7. The Hall–Kier alpha value is -1.47. The summed E-state index contributed by atoms with van der Waals surface area (Å²) in [5, 5.41) is 11.5. The number of hydrogen-bond donors (Lipinski definition) is 2. The summed E-state index contributed by atoms with van der Waals surface area (Å²) in [5.41, 5.74) is 0.902. The Morgan fingerprint density at radius 1 is 1.44 bits per heavy atom. The SMILES string of the molecule is CC(Nc1ncc(-c2ccc(Br)s2)cn1)C(=O)O. The number of nitrogens with zero attached hydrogens (tertiary/aromatic N) is 2. The third-order valence-corrected chi connectivity index (χ3v) is 3.90. The summed E-state index contributed by atoms with van der Waals surface area (Å²) >= 11 is 4.98. The lowest BCUT2D eigenvalue weighted by atomic mass is 10.3. The van der Waals surface area contributed by atoms with Crippen molar-refractivity contribution in [1.82, 2.24) is 9.97 Å². The molecule has 0 fully saturated rings. The van der Waals surface area contributed by atoms with Crippen molar-refractivity contribution in [3.63, 3.8) is 0 Å². The summed E-state index contributed by atoms with van der Waals surface area (Å²) in [4.78, 5) is 19.9. The van der Waals surface area contributed by atoms with Crippen LogP contribution in [0.15, 0.2) is 28.3 Å². The van der Waals surface area contributed by atoms with Gasteiger partial charge in [-0.25, -0.2) is 9.97 Å². The maximum Gasteiger partial charge on any atom is 0.325 e. The van der Waals surface area contributed by atoms with Crippen molar-refractivity contribution in [2.45, 2.75) is 13.0 Å². The first-order valence-electron chi connectivity index (χ1n) is 5.13. The summed E-state index contributed by atoms with van der Waals surface area (Å²) in [5.74, 6) is -0.630. The molecule has 0 aliphatic rings. The van der Waals surface area contributed by atoms with Gasteiger partial charge in [0.15, 0.2) is 0 Å². The molecule has 0 radical (unpaired) electrons. The molecule has 2 aromatic rings. The van der Waals surface area contributed by atoms with Crippen LogP contribution in [0.2, 0.25) is 0 Å². The predicted octanol–water partition coefficient (Wildman–Crippen LogP) is 2.85. The molecule has 94 valence electrons. The number of carboxylic acid groups (broad SMARTS) is 1. The highest BCUT2D eigenvalue weighted by Crippen LogP contribution is 2.30. The van der Waals surface area contributed by atoms with Crippen LogP contribution < -0.4 is 5.32 Å². The molecule has 0 aromatic carbocycles. The van der Waals surface area contributed by atoms with E-state index in [0.29, 0.717) is 5.95 Å². The number of carboxylic acids is 1. The number of aromatic nitrogens is 2. The lowest BCUT2D eigenvalue weighted by molar-refractivity contribution is -0.137. The van der Waals surface area contributed by atoms with Crippen LogP contribution in [0.3, 0.4) is 0 Å². The number of rotatable bonds is 4. The molecule has 2 aromatic heterocycles. The third-order valence-electron chi connectivity index (χ3n) is 2.23. The molecule has 0 amide bonds. The molecule has 2 rings (SSSR count). The molecule has 2 N–H and O–H groups in total. The molecule has 2 heterocycles. The van der Waals surface area contributed by atoms with Crippen LogP contribution in [0, 0.1) is 0 Å². The Kier molecular flexibility index (Phi) is 3.93. The first kappa shape index (κ1) is 13.0. The number of hydrogen-bond acceptors (Lipinski definition) is 5. The van der Waals surface area contributed by atoms with Gasteiger partial charge in [-0.2, -0.15) is 0 Å². The second-order valence-corrected chi connectivity index (χ2v) is 6.07. The Bertz CT molecular complexity index is 556. The second-order valence-electron chi connectivity index (χ2n) is 3.60. The van der Waals surface area contributed by atoms with Crippen LogP contribution in [0.1, 0.15) is 6.92 Å². The fourth-order valence-corrected chi connectivity index (χ4v) is 2.62. The highest BCUT2D eigenvalue weighted by molar-refractivity contribution is 9.11. The minimum absolute atomic E-state index is 0.310. The molecule has 18 heavy (non-hydrogen) atoms. The van der Waals surface area contributed by atoms with E-state index in [1.54, 1.807) is 23.7 Å². The number of nitrogens with one attached hydrogen (secondary N) is 1. The Balaban J connectivity index is 2.13. The normalized spacial score (nSPS) is 12.1. The summed E-state index contributed by atoms with van der Waals surface area (Å²) in [6.07, 6.45) is 3.34. The minimum atomic E-state index is -0.940. The van der Waals surface area contributed by atoms with Crippen LogP contribution in [0.25, 0.3) is 10.4 Å². The van der Waals surface area contributed by atoms with Gasteiger partial charge < -0.3 is 10.4 Å². The van der Waals surface area contributed by atoms with Gasteiger partial charge in [0, 0.05) is 22.8 Å². The average Bonchev–Trinajstić information content (AvgIpc) is 2.76. The first-order chi connectivity index (χ1) is 8.56. The summed E-state index contributed by atoms with van der Waals surface area (Å²) in [6, 6.07) is 3.21. The van der Waals surface area contributed by atoms with Gasteiger partial charge in [0.1, 0.15) is 6.04 Å². The molecule has 1 atom stereocenters. The highest BCUT2D eigenvalue weighted by Gasteiger charge is 2.11. The third kappa shape index (κ3) is 3.05. The van der Waals surface area contributed by atoms with Gasteiger partial charge in [-0.05, 0) is 35.0 Å². The van der Waals surface area contributed by atoms with E-state index in [4.69, 9.17) is 5.11 Å². The van der Waals surface area contributed by atoms with Crippen molar-refractivity contribution in [1.29, 1.82) is 0 Å². The number of aliphatic carboxylic acids is 1. The van der Waals surface area contributed by atoms with Gasteiger partial charge in [-0.3, -0.25) is 4.79 Å². The largest absolute Gasteiger partial charge is 0.480 e. The molecule has 1 unspecified atom stereocenters. The van der Waals surface area contributed by atoms with Gasteiger partial charge in [0.25, 0.3) is 0 Å². The molecule has 0 saturated carbocycles. The number of thiophene rings is 1. The molecule has 0 aliphatic heterocycles. The van der Waals surface area contributed by atoms with E-state index in [9.17, 15) is 4.79 Å². The molecule has 7 heteroatoms. The Labute approximate surface area is 116 Å². The van der Waals surface area contributed by atoms with Crippen molar-refractivity contribution in [2.24, 2.45) is 0 Å². The van der Waals surface area contributed by atoms with Crippen molar-refractivity contribution < 1.29 is 9.90 Å². The van der Waals surface area contributed by atoms with Crippen molar-refractivity contribution in [2.75, 3.05) is 5.32 Å². The summed E-state index contributed by atoms with van der Waals surface area (Å²) in [6.45, 7) is 1.54. The monoisotopic (exact) mass is 327 g/mol. The van der Waals surface area contributed by atoms with Gasteiger partial charge in [0.2, 0.25) is 5.95 Å². The maximum absolute atomic E-state index is 10.7. The molecule has 0 spiro atoms. The van der Waals surface area contributed by atoms with E-state index < -0.39 is 12.0 Å².